The zero-order valence-electron chi connectivity index (χ0n) is 18.7. The molecule has 32 heavy (non-hydrogen) atoms. The molecule has 1 aliphatic rings. The number of anilines is 1. The first-order valence-corrected chi connectivity index (χ1v) is 11.3. The van der Waals surface area contributed by atoms with E-state index >= 15 is 4.39 Å². The standard InChI is InChI=1S/C23H29ClFN5O2/c1-11(2)32-20-15(9-16(24)18(25)17(20)23(31)28-10-14-5-6-14)12(3)22-29-13(4)19-21(26)27-7-8-30(19)22/h7-9,11-12,14,23,28,31H,5-6,10H2,1-4H3,(H2,26,27)/t12-,23?/m0/s1. The van der Waals surface area contributed by atoms with Gasteiger partial charge < -0.3 is 15.6 Å². The molecule has 7 nitrogen and oxygen atoms in total. The summed E-state index contributed by atoms with van der Waals surface area (Å²) in [6.45, 7) is 8.13. The first-order valence-electron chi connectivity index (χ1n) is 10.9. The van der Waals surface area contributed by atoms with Crippen LogP contribution in [0.1, 0.15) is 68.4 Å². The molecule has 1 aliphatic carbocycles. The van der Waals surface area contributed by atoms with E-state index in [1.54, 1.807) is 18.5 Å². The molecular weight excluding hydrogens is 433 g/mol. The zero-order valence-corrected chi connectivity index (χ0v) is 19.4. The number of imidazole rings is 1. The maximum atomic E-state index is 15.2. The number of benzene rings is 1. The van der Waals surface area contributed by atoms with Crippen LogP contribution in [0, 0.1) is 18.7 Å². The van der Waals surface area contributed by atoms with Crippen molar-refractivity contribution in [2.75, 3.05) is 12.3 Å². The van der Waals surface area contributed by atoms with E-state index in [2.05, 4.69) is 10.3 Å². The second-order valence-corrected chi connectivity index (χ2v) is 9.14. The minimum absolute atomic E-state index is 0.0208. The predicted molar refractivity (Wildman–Crippen MR) is 123 cm³/mol. The third-order valence-electron chi connectivity index (χ3n) is 5.80. The number of halogens is 2. The number of ether oxygens (including phenoxy) is 1. The third kappa shape index (κ3) is 4.27. The molecule has 0 bridgehead atoms. The van der Waals surface area contributed by atoms with E-state index < -0.39 is 12.0 Å². The van der Waals surface area contributed by atoms with Crippen LogP contribution in [-0.2, 0) is 0 Å². The Kier molecular flexibility index (Phi) is 6.29. The Morgan fingerprint density at radius 3 is 2.75 bits per heavy atom. The minimum atomic E-state index is -1.24. The Morgan fingerprint density at radius 1 is 1.38 bits per heavy atom. The first-order chi connectivity index (χ1) is 15.2. The Morgan fingerprint density at radius 2 is 2.09 bits per heavy atom. The quantitative estimate of drug-likeness (QED) is 0.432. The van der Waals surface area contributed by atoms with Crippen LogP contribution in [0.25, 0.3) is 5.52 Å². The van der Waals surface area contributed by atoms with Crippen LogP contribution in [0.3, 0.4) is 0 Å². The summed E-state index contributed by atoms with van der Waals surface area (Å²) in [6, 6.07) is 1.55. The van der Waals surface area contributed by atoms with Crippen molar-refractivity contribution in [2.45, 2.75) is 58.8 Å². The van der Waals surface area contributed by atoms with Gasteiger partial charge in [0.05, 0.1) is 22.4 Å². The Bertz CT molecular complexity index is 1150. The van der Waals surface area contributed by atoms with E-state index in [0.29, 0.717) is 29.7 Å². The van der Waals surface area contributed by atoms with E-state index in [0.717, 1.165) is 24.1 Å². The Balaban J connectivity index is 1.85. The van der Waals surface area contributed by atoms with Gasteiger partial charge >= 0.3 is 0 Å². The van der Waals surface area contributed by atoms with Crippen LogP contribution in [-0.4, -0.2) is 32.1 Å². The fourth-order valence-corrected chi connectivity index (χ4v) is 4.22. The van der Waals surface area contributed by atoms with Gasteiger partial charge in [-0.2, -0.15) is 0 Å². The van der Waals surface area contributed by atoms with Crippen LogP contribution in [0.2, 0.25) is 5.02 Å². The maximum absolute atomic E-state index is 15.2. The number of aromatic nitrogens is 3. The van der Waals surface area contributed by atoms with Gasteiger partial charge in [-0.15, -0.1) is 0 Å². The molecule has 0 spiro atoms. The van der Waals surface area contributed by atoms with Crippen molar-refractivity contribution in [3.8, 4) is 5.75 Å². The molecule has 9 heteroatoms. The summed E-state index contributed by atoms with van der Waals surface area (Å²) in [5.74, 6) is 0.840. The number of hydrogen-bond donors (Lipinski definition) is 3. The van der Waals surface area contributed by atoms with Gasteiger partial charge in [-0.3, -0.25) is 9.72 Å². The highest BCUT2D eigenvalue weighted by Crippen LogP contribution is 2.42. The van der Waals surface area contributed by atoms with E-state index in [4.69, 9.17) is 27.1 Å². The number of hydrogen-bond acceptors (Lipinski definition) is 6. The molecule has 2 heterocycles. The number of aliphatic hydroxyl groups is 1. The maximum Gasteiger partial charge on any atom is 0.152 e. The number of aryl methyl sites for hydroxylation is 1. The number of nitrogens with one attached hydrogen (secondary N) is 1. The van der Waals surface area contributed by atoms with Gasteiger partial charge in [0, 0.05) is 30.4 Å². The van der Waals surface area contributed by atoms with Crippen molar-refractivity contribution in [1.82, 2.24) is 19.7 Å². The summed E-state index contributed by atoms with van der Waals surface area (Å²) in [5, 5.41) is 13.8. The lowest BCUT2D eigenvalue weighted by Crippen LogP contribution is -2.26. The average Bonchev–Trinajstić information content (AvgIpc) is 3.50. The van der Waals surface area contributed by atoms with E-state index in [1.807, 2.05) is 32.1 Å². The van der Waals surface area contributed by atoms with Crippen molar-refractivity contribution in [2.24, 2.45) is 5.92 Å². The second kappa shape index (κ2) is 8.84. The summed E-state index contributed by atoms with van der Waals surface area (Å²) < 4.78 is 23.1. The number of rotatable bonds is 8. The van der Waals surface area contributed by atoms with Crippen molar-refractivity contribution in [3.63, 3.8) is 0 Å². The SMILES string of the molecule is Cc1nc([C@@H](C)c2cc(Cl)c(F)c(C(O)NCC3CC3)c2OC(C)C)n2ccnc(N)c12. The Hall–Kier alpha value is -2.42. The molecule has 3 aromatic rings. The van der Waals surface area contributed by atoms with Gasteiger partial charge in [0.2, 0.25) is 0 Å². The number of nitrogens with two attached hydrogens (primary N) is 1. The molecule has 0 amide bonds. The fourth-order valence-electron chi connectivity index (χ4n) is 4.00. The van der Waals surface area contributed by atoms with Gasteiger partial charge in [-0.25, -0.2) is 14.4 Å². The van der Waals surface area contributed by atoms with Crippen molar-refractivity contribution in [3.05, 3.63) is 51.9 Å². The number of aliphatic hydroxyl groups excluding tert-OH is 1. The normalized spacial score (nSPS) is 16.0. The molecule has 0 radical (unpaired) electrons. The van der Waals surface area contributed by atoms with Crippen molar-refractivity contribution < 1.29 is 14.2 Å². The molecule has 1 saturated carbocycles. The predicted octanol–water partition coefficient (Wildman–Crippen LogP) is 4.34. The summed E-state index contributed by atoms with van der Waals surface area (Å²) in [7, 11) is 0. The first kappa shape index (κ1) is 22.8. The molecule has 2 atom stereocenters. The molecular formula is C23H29ClFN5O2. The second-order valence-electron chi connectivity index (χ2n) is 8.73. The lowest BCUT2D eigenvalue weighted by atomic mass is 9.95. The molecule has 1 aromatic carbocycles. The largest absolute Gasteiger partial charge is 0.490 e. The number of nitrogen functional groups attached to an aromatic ring is 1. The fraction of sp³-hybridized carbons (Fsp3) is 0.478. The summed E-state index contributed by atoms with van der Waals surface area (Å²) >= 11 is 6.30. The molecule has 2 aromatic heterocycles. The van der Waals surface area contributed by atoms with Crippen LogP contribution < -0.4 is 15.8 Å². The van der Waals surface area contributed by atoms with Crippen molar-refractivity contribution >= 4 is 22.9 Å². The van der Waals surface area contributed by atoms with E-state index in [-0.39, 0.29) is 28.4 Å². The molecule has 1 unspecified atom stereocenters. The molecule has 0 saturated heterocycles. The monoisotopic (exact) mass is 461 g/mol. The number of fused-ring (bicyclic) bond motifs is 1. The van der Waals surface area contributed by atoms with Gasteiger partial charge in [-0.05, 0) is 45.6 Å². The van der Waals surface area contributed by atoms with Crippen LogP contribution in [0.4, 0.5) is 10.2 Å². The van der Waals surface area contributed by atoms with Crippen LogP contribution in [0.5, 0.6) is 5.75 Å². The number of nitrogens with zero attached hydrogens (tertiary/aromatic N) is 3. The topological polar surface area (TPSA) is 97.7 Å². The minimum Gasteiger partial charge on any atom is -0.490 e. The lowest BCUT2D eigenvalue weighted by molar-refractivity contribution is 0.124. The Labute approximate surface area is 191 Å². The molecule has 4 N–H and O–H groups in total. The summed E-state index contributed by atoms with van der Waals surface area (Å²) in [6.07, 6.45) is 4.14. The van der Waals surface area contributed by atoms with Crippen LogP contribution >= 0.6 is 11.6 Å². The van der Waals surface area contributed by atoms with Gasteiger partial charge in [0.15, 0.2) is 5.82 Å². The van der Waals surface area contributed by atoms with E-state index in [9.17, 15) is 5.11 Å². The highest BCUT2D eigenvalue weighted by Gasteiger charge is 2.31. The summed E-state index contributed by atoms with van der Waals surface area (Å²) in [4.78, 5) is 8.87. The van der Waals surface area contributed by atoms with Gasteiger partial charge in [0.1, 0.15) is 29.1 Å². The van der Waals surface area contributed by atoms with Crippen molar-refractivity contribution in [1.29, 1.82) is 0 Å². The third-order valence-corrected chi connectivity index (χ3v) is 6.07. The molecule has 1 fully saturated rings. The lowest BCUT2D eigenvalue weighted by Gasteiger charge is -2.25. The van der Waals surface area contributed by atoms with E-state index in [1.165, 1.54) is 0 Å². The van der Waals surface area contributed by atoms with Crippen LogP contribution in [0.15, 0.2) is 18.5 Å². The molecule has 4 rings (SSSR count). The zero-order chi connectivity index (χ0) is 23.2. The average molecular weight is 462 g/mol. The smallest absolute Gasteiger partial charge is 0.152 e. The van der Waals surface area contributed by atoms with Gasteiger partial charge in [0.25, 0.3) is 0 Å². The van der Waals surface area contributed by atoms with Gasteiger partial charge in [-0.1, -0.05) is 18.5 Å². The molecule has 172 valence electrons. The molecule has 0 aliphatic heterocycles. The highest BCUT2D eigenvalue weighted by atomic mass is 35.5. The summed E-state index contributed by atoms with van der Waals surface area (Å²) in [5.41, 5.74) is 8.18. The highest BCUT2D eigenvalue weighted by molar-refractivity contribution is 6.31.